The summed E-state index contributed by atoms with van der Waals surface area (Å²) in [6.07, 6.45) is 43.0. The molecule has 592 valence electrons. The number of unbranched alkanes of at least 4 members (excludes halogenated alkanes) is 4. The number of nitrogens with zero attached hydrogens (tertiary/aromatic N) is 2. The summed E-state index contributed by atoms with van der Waals surface area (Å²) in [4.78, 5) is 61.2. The number of carbonyl (C=O) groups is 4. The van der Waals surface area contributed by atoms with Crippen LogP contribution in [0.25, 0.3) is 0 Å². The molecular weight excluding hydrogens is 1350 g/mol. The van der Waals surface area contributed by atoms with E-state index in [-0.39, 0.29) is 54.2 Å². The number of esters is 4. The van der Waals surface area contributed by atoms with Crippen molar-refractivity contribution in [3.8, 4) is 23.0 Å². The van der Waals surface area contributed by atoms with Gasteiger partial charge in [-0.3, -0.25) is 29.2 Å². The number of hydrogen-bond acceptors (Lipinski definition) is 12. The molecule has 6 fully saturated rings. The molecule has 2 unspecified atom stereocenters. The van der Waals surface area contributed by atoms with E-state index in [4.69, 9.17) is 28.4 Å². The molecule has 0 amide bonds. The summed E-state index contributed by atoms with van der Waals surface area (Å²) in [5.41, 5.74) is 7.81. The number of hydrogen-bond donors (Lipinski definition) is 0. The third-order valence-electron chi connectivity index (χ3n) is 29.0. The first-order chi connectivity index (χ1) is 52.5. The number of ether oxygens (including phenoxy) is 6. The lowest BCUT2D eigenvalue weighted by Crippen LogP contribution is -2.51. The van der Waals surface area contributed by atoms with Gasteiger partial charge in [0.05, 0.1) is 24.6 Å². The zero-order valence-electron chi connectivity index (χ0n) is 68.4. The molecule has 0 spiro atoms. The standard InChI is InChI=1S/C97H134N2O10/c1-66(2)20-17-22-68(5)84-52-54-86-82-50-34-72-32-44-80(62-96(72,9)88(82)56-58-94(84,86)7)108-90(100)24-13-11-15-60-104-76-46-36-74(37-47-76)98-64-70-28-40-78(41-29-70)106-92(102)26-19-27-93(103)107-79-42-30-71(31-43-79)65-99-75-38-48-77(49-39-75)105-61-16-12-14-25-91(101)109-81-45-33-73-35-51-83-87-55-53-85(69(6)23-18-21-67(3)4)95(87,8)59-57-89(83)97(73,10)63-81/h28-31,34-43,46-49,64-69,80-89H,11-27,32-33,44-45,50-63H2,1-10H3/t68-,69-,80?,81?,82+,83+,84-,85-,86+,87+,88+,89+,94-,95-,96+,97+/m1/s1. The Kier molecular flexibility index (Phi) is 28.2. The first-order valence-electron chi connectivity index (χ1n) is 43.5. The highest BCUT2D eigenvalue weighted by Crippen LogP contribution is 2.69. The molecule has 4 aromatic carbocycles. The lowest BCUT2D eigenvalue weighted by Gasteiger charge is -2.58. The average Bonchev–Trinajstić information content (AvgIpc) is 1.69. The van der Waals surface area contributed by atoms with E-state index in [2.05, 4.69) is 91.4 Å². The smallest absolute Gasteiger partial charge is 0.311 e. The van der Waals surface area contributed by atoms with Crippen molar-refractivity contribution in [1.82, 2.24) is 0 Å². The number of carbonyl (C=O) groups excluding carboxylic acids is 4. The minimum absolute atomic E-state index is 0.0192. The first-order valence-corrected chi connectivity index (χ1v) is 43.5. The lowest BCUT2D eigenvalue weighted by atomic mass is 9.47. The fourth-order valence-corrected chi connectivity index (χ4v) is 23.2. The van der Waals surface area contributed by atoms with Gasteiger partial charge in [0.15, 0.2) is 0 Å². The minimum Gasteiger partial charge on any atom is -0.494 e. The van der Waals surface area contributed by atoms with Crippen molar-refractivity contribution < 1.29 is 47.6 Å². The van der Waals surface area contributed by atoms with Gasteiger partial charge in [-0.2, -0.15) is 0 Å². The molecule has 4 aromatic rings. The molecule has 109 heavy (non-hydrogen) atoms. The van der Waals surface area contributed by atoms with Crippen LogP contribution in [0.1, 0.15) is 292 Å². The molecule has 0 saturated heterocycles. The Bertz CT molecular complexity index is 3520. The summed E-state index contributed by atoms with van der Waals surface area (Å²) in [5, 5.41) is 0. The van der Waals surface area contributed by atoms with Gasteiger partial charge < -0.3 is 28.4 Å². The summed E-state index contributed by atoms with van der Waals surface area (Å²) in [6, 6.07) is 29.6. The Morgan fingerprint density at radius 3 is 1.19 bits per heavy atom. The van der Waals surface area contributed by atoms with Gasteiger partial charge in [0.25, 0.3) is 0 Å². The van der Waals surface area contributed by atoms with E-state index in [1.807, 2.05) is 72.8 Å². The number of aliphatic imine (C=N–C) groups is 2. The SMILES string of the molecule is CC(C)CCC[C@@H](C)[C@H]1CC[C@H]2[C@@H]3CC=C4CCC(OC(=O)CCCCCOc5ccc(N=Cc6ccc(OC(=O)CCCC(=O)Oc7ccc(C=Nc8ccc(OCCCCCC(=O)OC9CCC%10=CC[C@H]%11[C@@H]%12CC[C@H]([C@H](C)CCCC(C)C)[C@@]%12(C)CC[C@@H]%11[C@@]%10(C)C9)cc8)cc7)cc6)cc5)C[C@]4(C)[C@H]3CC[C@]12C. The van der Waals surface area contributed by atoms with E-state index in [9.17, 15) is 19.2 Å². The maximum Gasteiger partial charge on any atom is 0.311 e. The van der Waals surface area contributed by atoms with E-state index in [1.165, 1.54) is 103 Å². The van der Waals surface area contributed by atoms with Crippen LogP contribution in [-0.4, -0.2) is 61.7 Å². The molecule has 0 heterocycles. The summed E-state index contributed by atoms with van der Waals surface area (Å²) < 4.78 is 35.8. The summed E-state index contributed by atoms with van der Waals surface area (Å²) in [6.45, 7) is 26.1. The van der Waals surface area contributed by atoms with Gasteiger partial charge in [-0.15, -0.1) is 0 Å². The second-order valence-electron chi connectivity index (χ2n) is 37.1. The summed E-state index contributed by atoms with van der Waals surface area (Å²) in [5.74, 6) is 11.0. The molecule has 12 heteroatoms. The topological polar surface area (TPSA) is 148 Å². The molecule has 0 aromatic heterocycles. The van der Waals surface area contributed by atoms with Crippen molar-refractivity contribution in [2.45, 2.75) is 293 Å². The van der Waals surface area contributed by atoms with Crippen molar-refractivity contribution in [1.29, 1.82) is 0 Å². The van der Waals surface area contributed by atoms with Gasteiger partial charge in [0, 0.05) is 38.1 Å². The van der Waals surface area contributed by atoms with Crippen molar-refractivity contribution in [2.24, 2.45) is 103 Å². The van der Waals surface area contributed by atoms with E-state index in [1.54, 1.807) is 47.8 Å². The van der Waals surface area contributed by atoms with Crippen molar-refractivity contribution in [3.05, 3.63) is 131 Å². The number of fused-ring (bicyclic) bond motifs is 10. The highest BCUT2D eigenvalue weighted by Gasteiger charge is 2.61. The van der Waals surface area contributed by atoms with Crippen LogP contribution >= 0.6 is 0 Å². The Morgan fingerprint density at radius 1 is 0.413 bits per heavy atom. The number of rotatable bonds is 36. The molecule has 8 aliphatic carbocycles. The molecule has 0 N–H and O–H groups in total. The van der Waals surface area contributed by atoms with Crippen LogP contribution in [0.5, 0.6) is 23.0 Å². The van der Waals surface area contributed by atoms with Gasteiger partial charge in [-0.05, 0) is 349 Å². The Balaban J connectivity index is 0.469. The predicted octanol–water partition coefficient (Wildman–Crippen LogP) is 24.7. The second-order valence-corrected chi connectivity index (χ2v) is 37.1. The third-order valence-corrected chi connectivity index (χ3v) is 29.0. The zero-order valence-corrected chi connectivity index (χ0v) is 68.4. The first kappa shape index (κ1) is 81.7. The van der Waals surface area contributed by atoms with Gasteiger partial charge in [-0.1, -0.05) is 131 Å². The van der Waals surface area contributed by atoms with E-state index >= 15 is 0 Å². The Morgan fingerprint density at radius 2 is 0.798 bits per heavy atom. The van der Waals surface area contributed by atoms with Gasteiger partial charge >= 0.3 is 23.9 Å². The monoisotopic (exact) mass is 1490 g/mol. The maximum atomic E-state index is 13.2. The van der Waals surface area contributed by atoms with Crippen molar-refractivity contribution in [3.63, 3.8) is 0 Å². The van der Waals surface area contributed by atoms with Gasteiger partial charge in [0.2, 0.25) is 0 Å². The van der Waals surface area contributed by atoms with Gasteiger partial charge in [-0.25, -0.2) is 0 Å². The van der Waals surface area contributed by atoms with Crippen LogP contribution in [0.3, 0.4) is 0 Å². The normalized spacial score (nSPS) is 29.5. The molecule has 16 atom stereocenters. The highest BCUT2D eigenvalue weighted by atomic mass is 16.6. The van der Waals surface area contributed by atoms with Gasteiger partial charge in [0.1, 0.15) is 35.2 Å². The molecule has 6 saturated carbocycles. The fraction of sp³-hybridized carbons (Fsp3) is 0.649. The maximum absolute atomic E-state index is 13.2. The Labute approximate surface area is 655 Å². The molecule has 0 radical (unpaired) electrons. The molecule has 0 bridgehead atoms. The highest BCUT2D eigenvalue weighted by molar-refractivity contribution is 5.83. The fourth-order valence-electron chi connectivity index (χ4n) is 23.2. The summed E-state index contributed by atoms with van der Waals surface area (Å²) in [7, 11) is 0. The minimum atomic E-state index is -0.432. The van der Waals surface area contributed by atoms with Crippen molar-refractivity contribution in [2.75, 3.05) is 13.2 Å². The Hall–Kier alpha value is -6.82. The number of allylic oxidation sites excluding steroid dienone is 4. The lowest BCUT2D eigenvalue weighted by molar-refractivity contribution is -0.154. The number of benzene rings is 4. The van der Waals surface area contributed by atoms with E-state index < -0.39 is 11.9 Å². The van der Waals surface area contributed by atoms with E-state index in [0.29, 0.717) is 60.2 Å². The van der Waals surface area contributed by atoms with Crippen LogP contribution in [0.4, 0.5) is 11.4 Å². The quantitative estimate of drug-likeness (QED) is 0.0142. The van der Waals surface area contributed by atoms with Crippen LogP contribution in [-0.2, 0) is 28.7 Å². The second kappa shape index (κ2) is 37.7. The van der Waals surface area contributed by atoms with Crippen molar-refractivity contribution >= 4 is 47.7 Å². The molecule has 12 nitrogen and oxygen atoms in total. The molecule has 12 rings (SSSR count). The van der Waals surface area contributed by atoms with Crippen LogP contribution in [0.2, 0.25) is 0 Å². The average molecular weight is 1490 g/mol. The zero-order chi connectivity index (χ0) is 76.7. The van der Waals surface area contributed by atoms with Crippen LogP contribution in [0, 0.1) is 92.7 Å². The van der Waals surface area contributed by atoms with E-state index in [0.717, 1.165) is 170 Å². The molecule has 8 aliphatic rings. The predicted molar refractivity (Wildman–Crippen MR) is 439 cm³/mol. The molecule has 0 aliphatic heterocycles. The van der Waals surface area contributed by atoms with Crippen LogP contribution in [0.15, 0.2) is 130 Å². The largest absolute Gasteiger partial charge is 0.494 e. The van der Waals surface area contributed by atoms with Crippen LogP contribution < -0.4 is 18.9 Å². The third kappa shape index (κ3) is 20.7. The molecular formula is C97H134N2O10. The summed E-state index contributed by atoms with van der Waals surface area (Å²) >= 11 is 0.